The second-order valence-corrected chi connectivity index (χ2v) is 4.89. The summed E-state index contributed by atoms with van der Waals surface area (Å²) in [4.78, 5) is 5.22. The Hall–Kier alpha value is 0.359. The van der Waals surface area contributed by atoms with Crippen molar-refractivity contribution < 1.29 is 17.1 Å². The van der Waals surface area contributed by atoms with Crippen molar-refractivity contribution in [1.29, 1.82) is 0 Å². The Morgan fingerprint density at radius 3 is 1.47 bits per heavy atom. The summed E-state index contributed by atoms with van der Waals surface area (Å²) in [5, 5.41) is 7.08. The van der Waals surface area contributed by atoms with E-state index in [1.165, 1.54) is 65.2 Å². The van der Waals surface area contributed by atoms with Crippen LogP contribution in [0.1, 0.15) is 12.8 Å². The molecule has 0 spiro atoms. The molecular weight excluding hydrogens is 256 g/mol. The zero-order chi connectivity index (χ0) is 11.1. The Bertz CT molecular complexity index is 155. The molecule has 2 bridgehead atoms. The largest absolute Gasteiger partial charge is 0.315 e. The first-order chi connectivity index (χ1) is 7.95. The van der Waals surface area contributed by atoms with Gasteiger partial charge in [0.25, 0.3) is 0 Å². The van der Waals surface area contributed by atoms with Crippen LogP contribution in [0, 0.1) is 0 Å². The third kappa shape index (κ3) is 6.18. The first-order valence-electron chi connectivity index (χ1n) is 6.81. The summed E-state index contributed by atoms with van der Waals surface area (Å²) < 4.78 is 0. The smallest absolute Gasteiger partial charge is 0.0110 e. The molecule has 2 N–H and O–H groups in total. The first-order valence-corrected chi connectivity index (χ1v) is 6.81. The molecule has 2 heterocycles. The molecule has 17 heavy (non-hydrogen) atoms. The Kier molecular flexibility index (Phi) is 8.44. The monoisotopic (exact) mass is 282 g/mol. The third-order valence-corrected chi connectivity index (χ3v) is 3.60. The summed E-state index contributed by atoms with van der Waals surface area (Å²) in [5.41, 5.74) is 0. The molecule has 2 saturated heterocycles. The molecule has 0 aromatic rings. The van der Waals surface area contributed by atoms with E-state index in [1.54, 1.807) is 0 Å². The summed E-state index contributed by atoms with van der Waals surface area (Å²) in [6.45, 7) is 12.1. The number of hydrogen-bond donors (Lipinski definition) is 2. The summed E-state index contributed by atoms with van der Waals surface area (Å²) in [6, 6.07) is 0. The SMILES string of the molecule is C1CNCCN2CCCNCCN(C1)CC2.[Fe]. The minimum atomic E-state index is 0. The average Bonchev–Trinajstić information content (AvgIpc) is 2.33. The van der Waals surface area contributed by atoms with E-state index in [-0.39, 0.29) is 17.1 Å². The third-order valence-electron chi connectivity index (χ3n) is 3.60. The summed E-state index contributed by atoms with van der Waals surface area (Å²) in [7, 11) is 0. The Morgan fingerprint density at radius 2 is 1.00 bits per heavy atom. The van der Waals surface area contributed by atoms with Crippen molar-refractivity contribution in [3.8, 4) is 0 Å². The molecule has 2 atom stereocenters. The van der Waals surface area contributed by atoms with Gasteiger partial charge in [-0.3, -0.25) is 0 Å². The van der Waals surface area contributed by atoms with E-state index in [2.05, 4.69) is 20.4 Å². The van der Waals surface area contributed by atoms with Gasteiger partial charge in [0.2, 0.25) is 0 Å². The average molecular weight is 282 g/mol. The van der Waals surface area contributed by atoms with Crippen molar-refractivity contribution >= 4 is 0 Å². The van der Waals surface area contributed by atoms with Gasteiger partial charge in [0.05, 0.1) is 0 Å². The Morgan fingerprint density at radius 1 is 0.529 bits per heavy atom. The number of nitrogens with one attached hydrogen (secondary N) is 2. The number of fused-ring (bicyclic) bond motifs is 3. The molecule has 0 aliphatic carbocycles. The van der Waals surface area contributed by atoms with Gasteiger partial charge in [-0.15, -0.1) is 0 Å². The van der Waals surface area contributed by atoms with Crippen molar-refractivity contribution in [1.82, 2.24) is 20.4 Å². The van der Waals surface area contributed by atoms with Crippen molar-refractivity contribution in [2.75, 3.05) is 65.4 Å². The number of rotatable bonds is 0. The normalized spacial score (nSPS) is 32.5. The predicted octanol–water partition coefficient (Wildman–Crippen LogP) is -0.425. The maximum Gasteiger partial charge on any atom is 0.0110 e. The van der Waals surface area contributed by atoms with Crippen LogP contribution in [-0.2, 0) is 17.1 Å². The van der Waals surface area contributed by atoms with Crippen molar-refractivity contribution in [3.63, 3.8) is 0 Å². The van der Waals surface area contributed by atoms with Gasteiger partial charge in [-0.25, -0.2) is 0 Å². The molecule has 5 heteroatoms. The van der Waals surface area contributed by atoms with Gasteiger partial charge >= 0.3 is 0 Å². The fourth-order valence-electron chi connectivity index (χ4n) is 2.53. The first kappa shape index (κ1) is 15.4. The van der Waals surface area contributed by atoms with Crippen LogP contribution in [0.5, 0.6) is 0 Å². The van der Waals surface area contributed by atoms with Crippen LogP contribution in [0.3, 0.4) is 0 Å². The number of hydrogen-bond acceptors (Lipinski definition) is 4. The molecule has 2 aliphatic rings. The maximum atomic E-state index is 3.54. The van der Waals surface area contributed by atoms with Gasteiger partial charge in [-0.2, -0.15) is 0 Å². The topological polar surface area (TPSA) is 30.5 Å². The summed E-state index contributed by atoms with van der Waals surface area (Å²) in [5.74, 6) is 0. The van der Waals surface area contributed by atoms with E-state index in [4.69, 9.17) is 0 Å². The van der Waals surface area contributed by atoms with Crippen LogP contribution in [0.15, 0.2) is 0 Å². The second kappa shape index (κ2) is 9.31. The molecule has 0 aromatic carbocycles. The Labute approximate surface area is 116 Å². The van der Waals surface area contributed by atoms with Crippen molar-refractivity contribution in [3.05, 3.63) is 0 Å². The van der Waals surface area contributed by atoms with Gasteiger partial charge in [-0.1, -0.05) is 0 Å². The van der Waals surface area contributed by atoms with E-state index in [0.717, 1.165) is 13.1 Å². The molecule has 102 valence electrons. The molecule has 0 saturated carbocycles. The van der Waals surface area contributed by atoms with Crippen LogP contribution >= 0.6 is 0 Å². The van der Waals surface area contributed by atoms with Crippen LogP contribution in [0.25, 0.3) is 0 Å². The van der Waals surface area contributed by atoms with Gasteiger partial charge < -0.3 is 20.4 Å². The minimum absolute atomic E-state index is 0. The van der Waals surface area contributed by atoms with Crippen molar-refractivity contribution in [2.24, 2.45) is 0 Å². The van der Waals surface area contributed by atoms with E-state index in [9.17, 15) is 0 Å². The van der Waals surface area contributed by atoms with Gasteiger partial charge in [-0.05, 0) is 39.0 Å². The number of nitrogens with zero attached hydrogens (tertiary/aromatic N) is 2. The van der Waals surface area contributed by atoms with Crippen LogP contribution in [0.4, 0.5) is 0 Å². The van der Waals surface area contributed by atoms with Crippen LogP contribution < -0.4 is 10.6 Å². The van der Waals surface area contributed by atoms with Crippen molar-refractivity contribution in [2.45, 2.75) is 12.8 Å². The van der Waals surface area contributed by atoms with Gasteiger partial charge in [0.15, 0.2) is 0 Å². The molecule has 0 amide bonds. The zero-order valence-electron chi connectivity index (χ0n) is 10.7. The van der Waals surface area contributed by atoms with E-state index in [1.807, 2.05) is 0 Å². The van der Waals surface area contributed by atoms with Crippen LogP contribution in [-0.4, -0.2) is 75.2 Å². The van der Waals surface area contributed by atoms with Crippen LogP contribution in [0.2, 0.25) is 0 Å². The predicted molar refractivity (Wildman–Crippen MR) is 67.9 cm³/mol. The van der Waals surface area contributed by atoms with E-state index < -0.39 is 0 Å². The Balaban J connectivity index is 0.00000144. The second-order valence-electron chi connectivity index (χ2n) is 4.89. The van der Waals surface area contributed by atoms with E-state index in [0.29, 0.717) is 0 Å². The molecule has 2 aliphatic heterocycles. The molecule has 2 rings (SSSR count). The molecule has 4 nitrogen and oxygen atoms in total. The molecule has 0 radical (unpaired) electrons. The van der Waals surface area contributed by atoms with E-state index >= 15 is 0 Å². The quantitative estimate of drug-likeness (QED) is 0.591. The van der Waals surface area contributed by atoms with Gasteiger partial charge in [0, 0.05) is 56.3 Å². The van der Waals surface area contributed by atoms with Gasteiger partial charge in [0.1, 0.15) is 0 Å². The molecule has 2 fully saturated rings. The molecule has 2 unspecified atom stereocenters. The minimum Gasteiger partial charge on any atom is -0.315 e. The standard InChI is InChI=1S/C12H26N4.Fe/c1-3-13-5-10-16-8-2-4-14-6-9-15(7-1)11-12-16;/h13-14H,1-12H2;. The zero-order valence-corrected chi connectivity index (χ0v) is 11.8. The maximum absolute atomic E-state index is 3.54. The fourth-order valence-corrected chi connectivity index (χ4v) is 2.53. The molecular formula is C12H26FeN4. The summed E-state index contributed by atoms with van der Waals surface area (Å²) in [6.07, 6.45) is 2.58. The fraction of sp³-hybridized carbons (Fsp3) is 1.00. The molecule has 0 aromatic heterocycles. The summed E-state index contributed by atoms with van der Waals surface area (Å²) >= 11 is 0.